The first kappa shape index (κ1) is 17.6. The lowest BCUT2D eigenvalue weighted by Gasteiger charge is -2.37. The molecule has 1 nitrogen and oxygen atoms in total. The Kier molecular flexibility index (Phi) is 4.38. The van der Waals surface area contributed by atoms with Crippen LogP contribution in [0.4, 0.5) is 26.3 Å². The van der Waals surface area contributed by atoms with Crippen LogP contribution in [0.3, 0.4) is 0 Å². The van der Waals surface area contributed by atoms with Crippen LogP contribution < -0.4 is 0 Å². The van der Waals surface area contributed by atoms with E-state index in [0.717, 1.165) is 24.3 Å². The highest BCUT2D eigenvalue weighted by atomic mass is 35.5. The van der Waals surface area contributed by atoms with Gasteiger partial charge in [0.1, 0.15) is 5.82 Å². The predicted octanol–water partition coefficient (Wildman–Crippen LogP) is 4.91. The van der Waals surface area contributed by atoms with E-state index in [4.69, 9.17) is 11.6 Å². The number of rotatable bonds is 3. The molecule has 2 aromatic carbocycles. The van der Waals surface area contributed by atoms with Gasteiger partial charge in [-0.15, -0.1) is 0 Å². The van der Waals surface area contributed by atoms with Gasteiger partial charge in [0.25, 0.3) is 0 Å². The Labute approximate surface area is 132 Å². The van der Waals surface area contributed by atoms with Gasteiger partial charge in [-0.1, -0.05) is 35.9 Å². The number of hydrogen-bond acceptors (Lipinski definition) is 1. The van der Waals surface area contributed by atoms with Crippen molar-refractivity contribution >= 4 is 11.6 Å². The summed E-state index contributed by atoms with van der Waals surface area (Å²) in [5.41, 5.74) is -5.26. The van der Waals surface area contributed by atoms with Crippen molar-refractivity contribution in [1.29, 1.82) is 0 Å². The van der Waals surface area contributed by atoms with Crippen LogP contribution in [-0.4, -0.2) is 17.2 Å². The van der Waals surface area contributed by atoms with Gasteiger partial charge >= 0.3 is 12.1 Å². The third-order valence-corrected chi connectivity index (χ3v) is 3.59. The molecule has 0 amide bonds. The van der Waals surface area contributed by atoms with Crippen molar-refractivity contribution in [2.45, 2.75) is 17.7 Å². The number of hydrogen-bond donors (Lipinski definition) is 1. The van der Waals surface area contributed by atoms with Crippen LogP contribution in [0, 0.1) is 5.82 Å². The van der Waals surface area contributed by atoms with E-state index in [1.807, 2.05) is 0 Å². The second-order valence-electron chi connectivity index (χ2n) is 4.80. The topological polar surface area (TPSA) is 20.2 Å². The van der Waals surface area contributed by atoms with Crippen molar-refractivity contribution in [3.05, 3.63) is 70.5 Å². The number of halogens is 7. The Morgan fingerprint density at radius 1 is 0.739 bits per heavy atom. The highest BCUT2D eigenvalue weighted by Gasteiger charge is 2.71. The first-order chi connectivity index (χ1) is 10.5. The number of benzene rings is 2. The Balaban J connectivity index is 2.73. The fourth-order valence-corrected chi connectivity index (χ4v) is 2.24. The average molecular weight is 355 g/mol. The second-order valence-corrected chi connectivity index (χ2v) is 5.23. The molecule has 124 valence electrons. The fraction of sp³-hybridized carbons (Fsp3) is 0.200. The zero-order valence-corrected chi connectivity index (χ0v) is 12.0. The van der Waals surface area contributed by atoms with Crippen molar-refractivity contribution in [3.63, 3.8) is 0 Å². The molecule has 0 saturated carbocycles. The van der Waals surface area contributed by atoms with Gasteiger partial charge < -0.3 is 5.11 Å². The maximum absolute atomic E-state index is 14.1. The minimum atomic E-state index is -6.03. The molecular weight excluding hydrogens is 346 g/mol. The van der Waals surface area contributed by atoms with Gasteiger partial charge in [-0.25, -0.2) is 4.39 Å². The van der Waals surface area contributed by atoms with E-state index < -0.39 is 34.6 Å². The Bertz CT molecular complexity index is 633. The Morgan fingerprint density at radius 3 is 1.52 bits per heavy atom. The van der Waals surface area contributed by atoms with E-state index in [9.17, 15) is 31.4 Å². The molecule has 0 aliphatic carbocycles. The van der Waals surface area contributed by atoms with Crippen LogP contribution in [0.2, 0.25) is 5.02 Å². The smallest absolute Gasteiger partial charge is 0.374 e. The number of alkyl halides is 5. The molecule has 0 saturated heterocycles. The van der Waals surface area contributed by atoms with Gasteiger partial charge in [-0.2, -0.15) is 22.0 Å². The van der Waals surface area contributed by atoms with Crippen LogP contribution in [0.25, 0.3) is 0 Å². The molecule has 0 bridgehead atoms. The van der Waals surface area contributed by atoms with Crippen LogP contribution in [0.5, 0.6) is 0 Å². The average Bonchev–Trinajstić information content (AvgIpc) is 2.46. The lowest BCUT2D eigenvalue weighted by atomic mass is 9.80. The van der Waals surface area contributed by atoms with Gasteiger partial charge in [-0.3, -0.25) is 0 Å². The summed E-state index contributed by atoms with van der Waals surface area (Å²) in [6.07, 6.45) is -6.03. The molecule has 23 heavy (non-hydrogen) atoms. The van der Waals surface area contributed by atoms with Gasteiger partial charge in [0.15, 0.2) is 5.60 Å². The molecule has 0 radical (unpaired) electrons. The lowest BCUT2D eigenvalue weighted by molar-refractivity contribution is -0.336. The summed E-state index contributed by atoms with van der Waals surface area (Å²) < 4.78 is 79.6. The molecule has 0 aliphatic heterocycles. The molecular formula is C15H9ClF6O. The fourth-order valence-electron chi connectivity index (χ4n) is 2.12. The third kappa shape index (κ3) is 2.90. The molecule has 0 spiro atoms. The van der Waals surface area contributed by atoms with Crippen molar-refractivity contribution in [3.8, 4) is 0 Å². The minimum Gasteiger partial charge on any atom is -0.374 e. The quantitative estimate of drug-likeness (QED) is 0.776. The maximum atomic E-state index is 14.1. The van der Waals surface area contributed by atoms with Gasteiger partial charge in [0, 0.05) is 5.02 Å². The molecule has 0 fully saturated rings. The summed E-state index contributed by atoms with van der Waals surface area (Å²) in [4.78, 5) is 0. The highest BCUT2D eigenvalue weighted by molar-refractivity contribution is 6.30. The summed E-state index contributed by atoms with van der Waals surface area (Å²) in [6.45, 7) is 0. The van der Waals surface area contributed by atoms with Crippen molar-refractivity contribution < 1.29 is 31.4 Å². The largest absolute Gasteiger partial charge is 0.457 e. The first-order valence-electron chi connectivity index (χ1n) is 6.19. The molecule has 1 atom stereocenters. The minimum absolute atomic E-state index is 0.0885. The highest BCUT2D eigenvalue weighted by Crippen LogP contribution is 2.51. The number of aliphatic hydroxyl groups is 1. The molecule has 2 aromatic rings. The summed E-state index contributed by atoms with van der Waals surface area (Å²) in [5.74, 6) is -6.37. The normalized spacial score (nSPS) is 15.3. The summed E-state index contributed by atoms with van der Waals surface area (Å²) in [7, 11) is 0. The molecule has 8 heteroatoms. The van der Waals surface area contributed by atoms with Gasteiger partial charge in [0.05, 0.1) is 0 Å². The van der Waals surface area contributed by atoms with E-state index in [-0.39, 0.29) is 5.02 Å². The van der Waals surface area contributed by atoms with E-state index in [0.29, 0.717) is 24.3 Å². The Morgan fingerprint density at radius 2 is 1.13 bits per heavy atom. The standard InChI is InChI=1S/C15H9ClF6O/c16-11-5-1-9(2-6-11)13(23,14(18,19)15(20,21)22)10-3-7-12(17)8-4-10/h1-8,23H. The monoisotopic (exact) mass is 354 g/mol. The van der Waals surface area contributed by atoms with Crippen molar-refractivity contribution in [2.75, 3.05) is 0 Å². The molecule has 0 aliphatic rings. The summed E-state index contributed by atoms with van der Waals surface area (Å²) in [5, 5.41) is 10.5. The van der Waals surface area contributed by atoms with Crippen LogP contribution in [0.1, 0.15) is 11.1 Å². The van der Waals surface area contributed by atoms with E-state index >= 15 is 0 Å². The summed E-state index contributed by atoms with van der Waals surface area (Å²) >= 11 is 5.59. The molecule has 0 heterocycles. The third-order valence-electron chi connectivity index (χ3n) is 3.33. The van der Waals surface area contributed by atoms with Crippen LogP contribution in [0.15, 0.2) is 48.5 Å². The maximum Gasteiger partial charge on any atom is 0.457 e. The zero-order valence-electron chi connectivity index (χ0n) is 11.2. The van der Waals surface area contributed by atoms with Crippen molar-refractivity contribution in [2.24, 2.45) is 0 Å². The Hall–Kier alpha value is -1.73. The lowest BCUT2D eigenvalue weighted by Crippen LogP contribution is -2.55. The summed E-state index contributed by atoms with van der Waals surface area (Å²) in [6, 6.07) is 6.55. The molecule has 1 N–H and O–H groups in total. The van der Waals surface area contributed by atoms with Gasteiger partial charge in [0.2, 0.25) is 0 Å². The molecule has 1 unspecified atom stereocenters. The van der Waals surface area contributed by atoms with Gasteiger partial charge in [-0.05, 0) is 35.4 Å². The first-order valence-corrected chi connectivity index (χ1v) is 6.57. The second kappa shape index (κ2) is 5.72. The van der Waals surface area contributed by atoms with Crippen LogP contribution >= 0.6 is 11.6 Å². The van der Waals surface area contributed by atoms with Crippen molar-refractivity contribution in [1.82, 2.24) is 0 Å². The van der Waals surface area contributed by atoms with E-state index in [2.05, 4.69) is 0 Å². The van der Waals surface area contributed by atoms with E-state index in [1.54, 1.807) is 0 Å². The zero-order chi connectivity index (χ0) is 17.5. The van der Waals surface area contributed by atoms with Crippen LogP contribution in [-0.2, 0) is 5.60 Å². The van der Waals surface area contributed by atoms with E-state index in [1.165, 1.54) is 0 Å². The predicted molar refractivity (Wildman–Crippen MR) is 71.9 cm³/mol. The molecule has 2 rings (SSSR count). The SMILES string of the molecule is OC(c1ccc(F)cc1)(c1ccc(Cl)cc1)C(F)(F)C(F)(F)F. The molecule has 0 aromatic heterocycles.